The smallest absolute Gasteiger partial charge is 0.212 e. The normalized spacial score (nSPS) is 23.1. The van der Waals surface area contributed by atoms with Crippen molar-refractivity contribution in [1.29, 1.82) is 0 Å². The van der Waals surface area contributed by atoms with E-state index in [9.17, 15) is 0 Å². The second kappa shape index (κ2) is 8.66. The molecule has 9 heteroatoms. The number of anilines is 2. The zero-order valence-corrected chi connectivity index (χ0v) is 20.9. The Labute approximate surface area is 205 Å². The number of nitrogens with one attached hydrogen (secondary N) is 2. The lowest BCUT2D eigenvalue weighted by atomic mass is 9.90. The van der Waals surface area contributed by atoms with Crippen LogP contribution in [0.5, 0.6) is 5.75 Å². The standard InChI is InChI=1S/C26H32N6O3/c1-15-10-19-12-29-26(27,32-23(19)24(30-15)28-13-25(4)8-9-34-14-25)20-7-6-18(11-21(20)33-5)22-16(2)35-17(3)31-22/h6-7,10-12,32H,8-9,13-14,27H2,1-5H3,(H,28,30). The number of hydrogen-bond donors (Lipinski definition) is 3. The topological polar surface area (TPSA) is 120 Å². The van der Waals surface area contributed by atoms with E-state index in [2.05, 4.69) is 22.5 Å². The van der Waals surface area contributed by atoms with Crippen molar-refractivity contribution in [2.45, 2.75) is 39.9 Å². The highest BCUT2D eigenvalue weighted by molar-refractivity contribution is 5.94. The first-order chi connectivity index (χ1) is 16.7. The predicted octanol–water partition coefficient (Wildman–Crippen LogP) is 4.12. The first-order valence-electron chi connectivity index (χ1n) is 11.8. The fourth-order valence-electron chi connectivity index (χ4n) is 4.69. The van der Waals surface area contributed by atoms with Crippen LogP contribution >= 0.6 is 0 Å². The molecule has 0 radical (unpaired) electrons. The molecule has 2 aromatic heterocycles. The van der Waals surface area contributed by atoms with Gasteiger partial charge in [-0.25, -0.2) is 15.0 Å². The van der Waals surface area contributed by atoms with Gasteiger partial charge in [0, 0.05) is 48.5 Å². The highest BCUT2D eigenvalue weighted by atomic mass is 16.5. The number of aryl methyl sites for hydroxylation is 3. The van der Waals surface area contributed by atoms with E-state index in [0.717, 1.165) is 66.0 Å². The second-order valence-corrected chi connectivity index (χ2v) is 9.75. The van der Waals surface area contributed by atoms with E-state index in [1.54, 1.807) is 13.3 Å². The van der Waals surface area contributed by atoms with Crippen LogP contribution in [0.15, 0.2) is 33.7 Å². The molecular weight excluding hydrogens is 444 g/mol. The van der Waals surface area contributed by atoms with Crippen LogP contribution < -0.4 is 21.1 Å². The van der Waals surface area contributed by atoms with E-state index in [4.69, 9.17) is 29.6 Å². The lowest BCUT2D eigenvalue weighted by Crippen LogP contribution is -2.45. The molecule has 3 aromatic rings. The molecule has 0 spiro atoms. The van der Waals surface area contributed by atoms with Gasteiger partial charge in [0.05, 0.1) is 25.0 Å². The molecule has 1 fully saturated rings. The molecule has 0 aliphatic carbocycles. The van der Waals surface area contributed by atoms with Crippen LogP contribution in [0.4, 0.5) is 11.5 Å². The first kappa shape index (κ1) is 23.3. The van der Waals surface area contributed by atoms with Crippen molar-refractivity contribution >= 4 is 17.7 Å². The molecule has 0 saturated carbocycles. The van der Waals surface area contributed by atoms with Crippen LogP contribution in [0.1, 0.15) is 41.8 Å². The lowest BCUT2D eigenvalue weighted by molar-refractivity contribution is 0.164. The maximum absolute atomic E-state index is 6.85. The van der Waals surface area contributed by atoms with Crippen LogP contribution in [-0.2, 0) is 10.5 Å². The molecule has 5 rings (SSSR count). The fraction of sp³-hybridized carbons (Fsp3) is 0.423. The van der Waals surface area contributed by atoms with Crippen molar-refractivity contribution in [2.24, 2.45) is 16.1 Å². The average molecular weight is 477 g/mol. The van der Waals surface area contributed by atoms with Gasteiger partial charge < -0.3 is 24.5 Å². The molecule has 1 aromatic carbocycles. The number of fused-ring (bicyclic) bond motifs is 1. The Balaban J connectivity index is 1.48. The summed E-state index contributed by atoms with van der Waals surface area (Å²) in [4.78, 5) is 14.0. The largest absolute Gasteiger partial charge is 0.496 e. The molecule has 0 amide bonds. The number of benzene rings is 1. The van der Waals surface area contributed by atoms with Crippen LogP contribution in [0.2, 0.25) is 0 Å². The molecule has 1 saturated heterocycles. The van der Waals surface area contributed by atoms with Gasteiger partial charge in [0.1, 0.15) is 17.2 Å². The minimum Gasteiger partial charge on any atom is -0.496 e. The molecule has 2 unspecified atom stereocenters. The quantitative estimate of drug-likeness (QED) is 0.486. The molecule has 2 aliphatic rings. The fourth-order valence-corrected chi connectivity index (χ4v) is 4.69. The third kappa shape index (κ3) is 4.37. The average Bonchev–Trinajstić information content (AvgIpc) is 3.42. The van der Waals surface area contributed by atoms with Crippen LogP contribution in [0.25, 0.3) is 11.3 Å². The molecular formula is C26H32N6O3. The Kier molecular flexibility index (Phi) is 5.77. The second-order valence-electron chi connectivity index (χ2n) is 9.75. The maximum Gasteiger partial charge on any atom is 0.212 e. The van der Waals surface area contributed by atoms with Gasteiger partial charge in [0.25, 0.3) is 0 Å². The Morgan fingerprint density at radius 3 is 2.71 bits per heavy atom. The minimum atomic E-state index is -1.24. The van der Waals surface area contributed by atoms with Crippen molar-refractivity contribution in [3.63, 3.8) is 0 Å². The van der Waals surface area contributed by atoms with Crippen molar-refractivity contribution in [2.75, 3.05) is 37.5 Å². The Morgan fingerprint density at radius 2 is 2.03 bits per heavy atom. The number of ether oxygens (including phenoxy) is 2. The van der Waals surface area contributed by atoms with Crippen molar-refractivity contribution < 1.29 is 13.9 Å². The number of hydrogen-bond acceptors (Lipinski definition) is 9. The third-order valence-corrected chi connectivity index (χ3v) is 6.67. The zero-order valence-electron chi connectivity index (χ0n) is 20.9. The molecule has 4 N–H and O–H groups in total. The summed E-state index contributed by atoms with van der Waals surface area (Å²) in [6.07, 6.45) is 2.81. The molecule has 9 nitrogen and oxygen atoms in total. The highest BCUT2D eigenvalue weighted by Crippen LogP contribution is 2.39. The molecule has 184 valence electrons. The summed E-state index contributed by atoms with van der Waals surface area (Å²) < 4.78 is 17.0. The molecule has 2 atom stereocenters. The number of methoxy groups -OCH3 is 1. The van der Waals surface area contributed by atoms with E-state index in [1.807, 2.05) is 45.0 Å². The number of aliphatic imine (C=N–C) groups is 1. The van der Waals surface area contributed by atoms with Gasteiger partial charge >= 0.3 is 0 Å². The molecule has 4 heterocycles. The lowest BCUT2D eigenvalue weighted by Gasteiger charge is -2.34. The Hall–Kier alpha value is -3.43. The molecule has 0 bridgehead atoms. The summed E-state index contributed by atoms with van der Waals surface area (Å²) in [6, 6.07) is 7.77. The summed E-state index contributed by atoms with van der Waals surface area (Å²) >= 11 is 0. The van der Waals surface area contributed by atoms with Gasteiger partial charge in [0.15, 0.2) is 11.7 Å². The molecule has 2 aliphatic heterocycles. The predicted molar refractivity (Wildman–Crippen MR) is 136 cm³/mol. The molecule has 35 heavy (non-hydrogen) atoms. The van der Waals surface area contributed by atoms with E-state index >= 15 is 0 Å². The summed E-state index contributed by atoms with van der Waals surface area (Å²) in [5, 5.41) is 6.96. The van der Waals surface area contributed by atoms with E-state index in [-0.39, 0.29) is 5.41 Å². The summed E-state index contributed by atoms with van der Waals surface area (Å²) in [5.41, 5.74) is 11.9. The van der Waals surface area contributed by atoms with Crippen LogP contribution in [0.3, 0.4) is 0 Å². The van der Waals surface area contributed by atoms with Gasteiger partial charge in [0.2, 0.25) is 5.79 Å². The first-order valence-corrected chi connectivity index (χ1v) is 11.8. The third-order valence-electron chi connectivity index (χ3n) is 6.67. The van der Waals surface area contributed by atoms with Crippen molar-refractivity contribution in [3.8, 4) is 17.0 Å². The summed E-state index contributed by atoms with van der Waals surface area (Å²) in [6.45, 7) is 10.2. The highest BCUT2D eigenvalue weighted by Gasteiger charge is 2.35. The van der Waals surface area contributed by atoms with Gasteiger partial charge in [-0.05, 0) is 38.5 Å². The number of aromatic nitrogens is 2. The number of nitrogens with zero attached hydrogens (tertiary/aromatic N) is 3. The van der Waals surface area contributed by atoms with E-state index < -0.39 is 5.79 Å². The number of pyridine rings is 1. The number of rotatable bonds is 6. The summed E-state index contributed by atoms with van der Waals surface area (Å²) in [7, 11) is 1.62. The SMILES string of the molecule is COc1cc(-c2nc(C)oc2C)ccc1C1(N)N=Cc2cc(C)nc(NCC3(C)CCOC3)c2N1. The van der Waals surface area contributed by atoms with Gasteiger partial charge in [-0.1, -0.05) is 13.0 Å². The van der Waals surface area contributed by atoms with Crippen LogP contribution in [0, 0.1) is 26.2 Å². The van der Waals surface area contributed by atoms with Gasteiger partial charge in [-0.3, -0.25) is 5.73 Å². The van der Waals surface area contributed by atoms with Crippen LogP contribution in [-0.4, -0.2) is 43.1 Å². The van der Waals surface area contributed by atoms with E-state index in [1.165, 1.54) is 0 Å². The maximum atomic E-state index is 6.85. The Bertz CT molecular complexity index is 1290. The monoisotopic (exact) mass is 476 g/mol. The Morgan fingerprint density at radius 1 is 1.20 bits per heavy atom. The minimum absolute atomic E-state index is 0.0670. The van der Waals surface area contributed by atoms with Gasteiger partial charge in [-0.15, -0.1) is 0 Å². The van der Waals surface area contributed by atoms with Crippen molar-refractivity contribution in [1.82, 2.24) is 9.97 Å². The van der Waals surface area contributed by atoms with Crippen molar-refractivity contribution in [3.05, 3.63) is 52.7 Å². The van der Waals surface area contributed by atoms with E-state index in [0.29, 0.717) is 17.2 Å². The van der Waals surface area contributed by atoms with Gasteiger partial charge in [-0.2, -0.15) is 0 Å². The number of oxazole rings is 1. The summed E-state index contributed by atoms with van der Waals surface area (Å²) in [5.74, 6) is 1.48. The zero-order chi connectivity index (χ0) is 24.8. The number of nitrogens with two attached hydrogens (primary N) is 1.